The van der Waals surface area contributed by atoms with Gasteiger partial charge in [0.05, 0.1) is 20.1 Å². The van der Waals surface area contributed by atoms with Gasteiger partial charge in [0.25, 0.3) is 11.4 Å². The minimum Gasteiger partial charge on any atom is -0.404 e. The first-order valence-corrected chi connectivity index (χ1v) is 10.8. The molecule has 4 rings (SSSR count). The van der Waals surface area contributed by atoms with Crippen molar-refractivity contribution < 1.29 is 44.0 Å². The summed E-state index contributed by atoms with van der Waals surface area (Å²) < 4.78 is 56.7. The third-order valence-corrected chi connectivity index (χ3v) is 6.27. The molecule has 1 aromatic heterocycles. The summed E-state index contributed by atoms with van der Waals surface area (Å²) in [6.45, 7) is -2.44. The number of aliphatic hydroxyl groups excluding tert-OH is 3. The van der Waals surface area contributed by atoms with Crippen LogP contribution in [-0.4, -0.2) is 49.5 Å². The molecule has 1 saturated heterocycles. The molecule has 3 heterocycles. The lowest BCUT2D eigenvalue weighted by Gasteiger charge is -2.28. The lowest BCUT2D eigenvalue weighted by atomic mass is 10.1. The molecule has 0 amide bonds. The molecule has 1 unspecified atom stereocenters. The zero-order valence-electron chi connectivity index (χ0n) is 16.9. The van der Waals surface area contributed by atoms with E-state index in [9.17, 15) is 29.5 Å². The lowest BCUT2D eigenvalue weighted by molar-refractivity contribution is -0.205. The predicted octanol–water partition coefficient (Wildman–Crippen LogP) is 0.333. The second kappa shape index (κ2) is 8.36. The van der Waals surface area contributed by atoms with Crippen LogP contribution in [-0.2, 0) is 31.6 Å². The highest BCUT2D eigenvalue weighted by Crippen LogP contribution is 2.56. The van der Waals surface area contributed by atoms with E-state index in [0.717, 1.165) is 0 Å². The Kier molecular flexibility index (Phi) is 5.68. The summed E-state index contributed by atoms with van der Waals surface area (Å²) in [6, 6.07) is 4.33. The van der Waals surface area contributed by atoms with Gasteiger partial charge in [-0.15, -0.1) is 0 Å². The Balaban J connectivity index is 1.57. The van der Waals surface area contributed by atoms with Crippen LogP contribution in [0.1, 0.15) is 18.7 Å². The minimum absolute atomic E-state index is 0.0981. The summed E-state index contributed by atoms with van der Waals surface area (Å²) in [5.74, 6) is -3.26. The molecule has 2 aliphatic rings. The maximum atomic E-state index is 15.4. The number of benzene rings is 1. The second-order valence-electron chi connectivity index (χ2n) is 6.90. The zero-order chi connectivity index (χ0) is 24.2. The molecule has 1 fully saturated rings. The van der Waals surface area contributed by atoms with Gasteiger partial charge < -0.3 is 24.6 Å². The average molecular weight is 496 g/mol. The van der Waals surface area contributed by atoms with Crippen molar-refractivity contribution in [2.45, 2.75) is 37.5 Å². The molecule has 12 nitrogen and oxygen atoms in total. The van der Waals surface area contributed by atoms with Crippen molar-refractivity contribution in [3.05, 3.63) is 61.4 Å². The number of hydrogen-bond acceptors (Lipinski definition) is 10. The van der Waals surface area contributed by atoms with Crippen molar-refractivity contribution in [2.75, 3.05) is 6.61 Å². The molecule has 0 radical (unpaired) electrons. The largest absolute Gasteiger partial charge is 0.530 e. The fourth-order valence-electron chi connectivity index (χ4n) is 3.03. The van der Waals surface area contributed by atoms with Crippen molar-refractivity contribution in [1.29, 1.82) is 0 Å². The quantitative estimate of drug-likeness (QED) is 0.424. The molecule has 2 aliphatic heterocycles. The van der Waals surface area contributed by atoms with Gasteiger partial charge in [0.2, 0.25) is 0 Å². The number of aromatic nitrogens is 2. The van der Waals surface area contributed by atoms with E-state index in [-0.39, 0.29) is 16.9 Å². The Morgan fingerprint density at radius 1 is 1.44 bits per heavy atom. The molecule has 0 spiro atoms. The molecule has 5 atom stereocenters. The number of nitrogens with zero attached hydrogens (tertiary/aromatic N) is 1. The smallest absolute Gasteiger partial charge is 0.404 e. The van der Waals surface area contributed by atoms with Crippen molar-refractivity contribution in [1.82, 2.24) is 9.55 Å². The molecule has 15 heteroatoms. The van der Waals surface area contributed by atoms with Gasteiger partial charge >= 0.3 is 13.5 Å². The second-order valence-corrected chi connectivity index (χ2v) is 8.93. The Bertz CT molecular complexity index is 1260. The van der Waals surface area contributed by atoms with Crippen LogP contribution in [0, 0.1) is 0 Å². The Morgan fingerprint density at radius 3 is 2.91 bits per heavy atom. The van der Waals surface area contributed by atoms with E-state index in [1.807, 2.05) is 0 Å². The van der Waals surface area contributed by atoms with Crippen molar-refractivity contribution >= 4 is 19.4 Å². The third kappa shape index (κ3) is 4.14. The van der Waals surface area contributed by atoms with Crippen LogP contribution in [0.5, 0.6) is 5.75 Å². The number of hydrogen-bond donors (Lipinski definition) is 4. The first-order chi connectivity index (χ1) is 15.4. The molecular weight excluding hydrogens is 478 g/mol. The lowest BCUT2D eigenvalue weighted by Crippen LogP contribution is -2.43. The van der Waals surface area contributed by atoms with Crippen LogP contribution in [0.4, 0.5) is 4.39 Å². The SMILES string of the molecule is [2H][C@@]1(n2cc(CO)c(=O)[nH]c2=O)O[C@](F)(COP2(=O)OCc3cc(Cl)ccc3O2)[C@@H](O)[C@H]1O. The molecule has 32 heavy (non-hydrogen) atoms. The number of phosphoric ester groups is 1. The number of phosphoric acid groups is 1. The van der Waals surface area contributed by atoms with Gasteiger partial charge in [-0.3, -0.25) is 23.4 Å². The number of alkyl halides is 1. The highest BCUT2D eigenvalue weighted by Gasteiger charge is 2.57. The maximum absolute atomic E-state index is 15.4. The molecular formula is C17H17ClFN2O10P. The van der Waals surface area contributed by atoms with Crippen LogP contribution in [0.3, 0.4) is 0 Å². The monoisotopic (exact) mass is 495 g/mol. The van der Waals surface area contributed by atoms with Gasteiger partial charge in [-0.25, -0.2) is 13.8 Å². The number of aliphatic hydroxyl groups is 3. The number of rotatable bonds is 5. The number of ether oxygens (including phenoxy) is 1. The summed E-state index contributed by atoms with van der Waals surface area (Å²) in [5.41, 5.74) is -2.21. The minimum atomic E-state index is -4.41. The van der Waals surface area contributed by atoms with E-state index < -0.39 is 62.1 Å². The predicted molar refractivity (Wildman–Crippen MR) is 104 cm³/mol. The summed E-state index contributed by atoms with van der Waals surface area (Å²) >= 11 is 5.85. The topological polar surface area (TPSA) is 170 Å². The number of nitrogens with one attached hydrogen (secondary N) is 1. The molecule has 4 N–H and O–H groups in total. The van der Waals surface area contributed by atoms with Crippen LogP contribution in [0.2, 0.25) is 5.02 Å². The molecule has 174 valence electrons. The van der Waals surface area contributed by atoms with Crippen LogP contribution in [0.25, 0.3) is 0 Å². The van der Waals surface area contributed by atoms with Gasteiger partial charge in [-0.05, 0) is 18.2 Å². The van der Waals surface area contributed by atoms with Crippen molar-refractivity contribution in [2.24, 2.45) is 0 Å². The Labute approximate surface area is 184 Å². The fraction of sp³-hybridized carbons (Fsp3) is 0.412. The summed E-state index contributed by atoms with van der Waals surface area (Å²) in [7, 11) is -4.41. The molecule has 0 aliphatic carbocycles. The highest BCUT2D eigenvalue weighted by molar-refractivity contribution is 7.49. The van der Waals surface area contributed by atoms with Crippen molar-refractivity contribution in [3.8, 4) is 5.75 Å². The number of H-pyrrole nitrogens is 1. The standard InChI is InChI=1S/C17H17ClFN2O10P/c18-10-1-2-11-8(3-10)6-28-32(27,31-11)29-7-17(19)13(24)12(23)15(30-17)21-4-9(5-22)14(25)20-16(21)26/h1-4,12-13,15,22-24H,5-7H2,(H,20,25,26)/t12-,13+,15-,17-,32?/m1/s1/i15D. The van der Waals surface area contributed by atoms with E-state index in [2.05, 4.69) is 0 Å². The third-order valence-electron chi connectivity index (χ3n) is 4.72. The summed E-state index contributed by atoms with van der Waals surface area (Å²) in [5, 5.41) is 30.1. The van der Waals surface area contributed by atoms with Gasteiger partial charge in [0, 0.05) is 16.8 Å². The average Bonchev–Trinajstić information content (AvgIpc) is 2.94. The number of fused-ring (bicyclic) bond motifs is 1. The summed E-state index contributed by atoms with van der Waals surface area (Å²) in [6.07, 6.45) is -7.16. The van der Waals surface area contributed by atoms with E-state index in [1.54, 1.807) is 4.98 Å². The first-order valence-electron chi connectivity index (χ1n) is 9.49. The number of halogens is 2. The first kappa shape index (κ1) is 21.7. The molecule has 1 aromatic carbocycles. The van der Waals surface area contributed by atoms with Gasteiger partial charge in [0.15, 0.2) is 6.20 Å². The van der Waals surface area contributed by atoms with E-state index in [4.69, 9.17) is 31.3 Å². The normalized spacial score (nSPS) is 34.6. The van der Waals surface area contributed by atoms with Gasteiger partial charge in [0.1, 0.15) is 24.6 Å². The number of aromatic amines is 1. The van der Waals surface area contributed by atoms with E-state index >= 15 is 4.39 Å². The molecule has 0 bridgehead atoms. The molecule has 2 aromatic rings. The van der Waals surface area contributed by atoms with Crippen LogP contribution in [0.15, 0.2) is 34.0 Å². The zero-order valence-corrected chi connectivity index (χ0v) is 17.6. The van der Waals surface area contributed by atoms with Crippen LogP contribution < -0.4 is 15.8 Å². The van der Waals surface area contributed by atoms with Gasteiger partial charge in [-0.2, -0.15) is 0 Å². The fourth-order valence-corrected chi connectivity index (χ4v) is 4.46. The summed E-state index contributed by atoms with van der Waals surface area (Å²) in [4.78, 5) is 25.6. The highest BCUT2D eigenvalue weighted by atomic mass is 35.5. The van der Waals surface area contributed by atoms with E-state index in [0.29, 0.717) is 16.8 Å². The van der Waals surface area contributed by atoms with E-state index in [1.165, 1.54) is 18.2 Å². The Morgan fingerprint density at radius 2 is 2.19 bits per heavy atom. The Hall–Kier alpha value is -2.09. The van der Waals surface area contributed by atoms with Gasteiger partial charge in [-0.1, -0.05) is 11.6 Å². The van der Waals surface area contributed by atoms with Crippen molar-refractivity contribution in [3.63, 3.8) is 0 Å². The molecule has 0 saturated carbocycles. The maximum Gasteiger partial charge on any atom is 0.530 e. The van der Waals surface area contributed by atoms with Crippen LogP contribution >= 0.6 is 19.4 Å².